The van der Waals surface area contributed by atoms with Crippen LogP contribution in [0, 0.1) is 23.7 Å². The van der Waals surface area contributed by atoms with Crippen molar-refractivity contribution in [3.05, 3.63) is 172 Å². The van der Waals surface area contributed by atoms with E-state index in [0.29, 0.717) is 41.0 Å². The van der Waals surface area contributed by atoms with E-state index in [9.17, 15) is 14.7 Å². The Bertz CT molecular complexity index is 2330. The van der Waals surface area contributed by atoms with Crippen molar-refractivity contribution in [1.82, 2.24) is 4.90 Å². The lowest BCUT2D eigenvalue weighted by atomic mass is 9.44. The molecule has 4 aromatic carbocycles. The van der Waals surface area contributed by atoms with E-state index in [2.05, 4.69) is 0 Å². The number of phenolic OH excluding ortho intramolecular Hbond substituents is 1. The highest BCUT2D eigenvalue weighted by molar-refractivity contribution is 7.09. The minimum absolute atomic E-state index is 0.0745. The predicted octanol–water partition coefficient (Wildman–Crippen LogP) is 8.06. The van der Waals surface area contributed by atoms with Gasteiger partial charge in [0.1, 0.15) is 18.1 Å². The zero-order valence-corrected chi connectivity index (χ0v) is 30.2. The number of aromatic hydroxyl groups is 1. The number of hydrogen-bond acceptors (Lipinski definition) is 7. The third-order valence-electron chi connectivity index (χ3n) is 11.9. The summed E-state index contributed by atoms with van der Waals surface area (Å²) >= 11 is 1.50. The molecule has 2 amide bonds. The number of fused-ring (bicyclic) bond motifs is 4. The summed E-state index contributed by atoms with van der Waals surface area (Å²) in [5, 5.41) is 13.9. The molecule has 9 rings (SSSR count). The Hall–Kier alpha value is -5.86. The van der Waals surface area contributed by atoms with Crippen molar-refractivity contribution in [2.45, 2.75) is 37.3 Å². The van der Waals surface area contributed by atoms with E-state index in [1.54, 1.807) is 18.2 Å². The highest BCUT2D eigenvalue weighted by Gasteiger charge is 2.66. The molecule has 1 N–H and O–H groups in total. The number of ether oxygens (including phenoxy) is 1. The second kappa shape index (κ2) is 13.5. The van der Waals surface area contributed by atoms with E-state index in [4.69, 9.17) is 4.74 Å². The number of imide groups is 1. The van der Waals surface area contributed by atoms with Crippen LogP contribution >= 0.6 is 11.3 Å². The van der Waals surface area contributed by atoms with Crippen LogP contribution in [-0.2, 0) is 37.7 Å². The van der Waals surface area contributed by atoms with Gasteiger partial charge in [0.25, 0.3) is 0 Å². The van der Waals surface area contributed by atoms with Crippen LogP contribution in [0.15, 0.2) is 144 Å². The molecule has 3 aliphatic carbocycles. The van der Waals surface area contributed by atoms with E-state index >= 15 is 9.59 Å². The van der Waals surface area contributed by atoms with Gasteiger partial charge in [0.15, 0.2) is 11.6 Å². The SMILES string of the molecule is O=C1C(c2ccccc2)=CC(=O)C2(c3ccccc3)C1CC1C(=CCC3C(=O)N(Cc4cccs4)C(=O)C31)C2c1ccc(OCc2ccccc2)cc1O. The van der Waals surface area contributed by atoms with Crippen LogP contribution in [0.25, 0.3) is 5.57 Å². The molecule has 0 bridgehead atoms. The van der Waals surface area contributed by atoms with Crippen LogP contribution in [0.2, 0.25) is 0 Å². The maximum absolute atomic E-state index is 15.3. The van der Waals surface area contributed by atoms with E-state index < -0.39 is 35.0 Å². The summed E-state index contributed by atoms with van der Waals surface area (Å²) in [7, 11) is 0. The molecule has 54 heavy (non-hydrogen) atoms. The van der Waals surface area contributed by atoms with Crippen molar-refractivity contribution in [2.24, 2.45) is 23.7 Å². The van der Waals surface area contributed by atoms with Crippen molar-refractivity contribution in [1.29, 1.82) is 0 Å². The van der Waals surface area contributed by atoms with Crippen molar-refractivity contribution in [3.8, 4) is 11.5 Å². The van der Waals surface area contributed by atoms with E-state index in [1.807, 2.05) is 115 Å². The molecular weight excluding hydrogens is 695 g/mol. The number of thiophene rings is 1. The number of likely N-dealkylation sites (tertiary alicyclic amines) is 1. The fourth-order valence-electron chi connectivity index (χ4n) is 9.60. The zero-order chi connectivity index (χ0) is 37.0. The molecule has 6 atom stereocenters. The maximum atomic E-state index is 15.3. The second-order valence-corrected chi connectivity index (χ2v) is 15.7. The number of benzene rings is 4. The van der Waals surface area contributed by atoms with Crippen molar-refractivity contribution < 1.29 is 29.0 Å². The number of nitrogens with zero attached hydrogens (tertiary/aromatic N) is 1. The lowest BCUT2D eigenvalue weighted by Gasteiger charge is -2.55. The number of allylic oxidation sites excluding steroid dienone is 4. The zero-order valence-electron chi connectivity index (χ0n) is 29.3. The number of amides is 2. The van der Waals surface area contributed by atoms with Crippen LogP contribution < -0.4 is 4.74 Å². The number of rotatable bonds is 8. The van der Waals surface area contributed by atoms with E-state index in [1.165, 1.54) is 22.3 Å². The summed E-state index contributed by atoms with van der Waals surface area (Å²) < 4.78 is 6.08. The summed E-state index contributed by atoms with van der Waals surface area (Å²) in [5.41, 5.74) is 2.46. The molecule has 4 aliphatic rings. The molecule has 2 fully saturated rings. The molecule has 1 saturated heterocycles. The van der Waals surface area contributed by atoms with Crippen LogP contribution in [-0.4, -0.2) is 33.4 Å². The van der Waals surface area contributed by atoms with Gasteiger partial charge >= 0.3 is 0 Å². The lowest BCUT2D eigenvalue weighted by Crippen LogP contribution is -2.58. The number of Topliss-reactive ketones (excluding diaryl/α,β-unsaturated/α-hetero) is 1. The van der Waals surface area contributed by atoms with Gasteiger partial charge in [0.05, 0.1) is 23.8 Å². The molecule has 0 spiro atoms. The van der Waals surface area contributed by atoms with Crippen LogP contribution in [0.1, 0.15) is 45.9 Å². The highest BCUT2D eigenvalue weighted by atomic mass is 32.1. The van der Waals surface area contributed by atoms with Gasteiger partial charge in [-0.25, -0.2) is 0 Å². The topological polar surface area (TPSA) is 101 Å². The Labute approximate surface area is 317 Å². The molecule has 1 saturated carbocycles. The predicted molar refractivity (Wildman–Crippen MR) is 205 cm³/mol. The lowest BCUT2D eigenvalue weighted by molar-refractivity contribution is -0.141. The Balaban J connectivity index is 1.21. The normalized spacial score (nSPS) is 26.1. The minimum atomic E-state index is -1.43. The number of carbonyl (C=O) groups excluding carboxylic acids is 4. The first-order valence-corrected chi connectivity index (χ1v) is 19.2. The third-order valence-corrected chi connectivity index (χ3v) is 12.8. The van der Waals surface area contributed by atoms with Gasteiger partial charge in [0, 0.05) is 33.9 Å². The first-order valence-electron chi connectivity index (χ1n) is 18.3. The number of phenols is 1. The van der Waals surface area contributed by atoms with Crippen LogP contribution in [0.4, 0.5) is 0 Å². The molecule has 6 unspecified atom stereocenters. The van der Waals surface area contributed by atoms with E-state index in [0.717, 1.165) is 16.0 Å². The Morgan fingerprint density at radius 2 is 1.52 bits per heavy atom. The summed E-state index contributed by atoms with van der Waals surface area (Å²) in [6.07, 6.45) is 4.03. The molecule has 5 aromatic rings. The molecule has 2 heterocycles. The number of ketones is 2. The minimum Gasteiger partial charge on any atom is -0.508 e. The third kappa shape index (κ3) is 5.38. The fourth-order valence-corrected chi connectivity index (χ4v) is 10.3. The van der Waals surface area contributed by atoms with Gasteiger partial charge in [-0.15, -0.1) is 11.3 Å². The molecular formula is C46H37NO6S. The standard InChI is InChI=1S/C46H37NO6S/c48-39-23-31(53-27-28-11-4-1-5-12-28)18-19-34(39)42-33-20-21-35-41(45(52)47(44(35)51)26-32-17-10-22-54-32)37(33)24-38-43(50)36(29-13-6-2-7-14-29)25-40(49)46(38,42)30-15-8-3-9-16-30/h1-20,22-23,25,35,37-38,41-42,48H,21,24,26-27H2. The Morgan fingerprint density at radius 1 is 0.796 bits per heavy atom. The van der Waals surface area contributed by atoms with Crippen LogP contribution in [0.3, 0.4) is 0 Å². The number of hydrogen-bond donors (Lipinski definition) is 1. The summed E-state index contributed by atoms with van der Waals surface area (Å²) in [6, 6.07) is 37.3. The van der Waals surface area contributed by atoms with Gasteiger partial charge in [-0.3, -0.25) is 24.1 Å². The maximum Gasteiger partial charge on any atom is 0.234 e. The fraction of sp³-hybridized carbons (Fsp3) is 0.217. The first kappa shape index (κ1) is 33.9. The average Bonchev–Trinajstić information content (AvgIpc) is 3.81. The monoisotopic (exact) mass is 731 g/mol. The van der Waals surface area contributed by atoms with Crippen LogP contribution in [0.5, 0.6) is 11.5 Å². The first-order chi connectivity index (χ1) is 26.4. The number of carbonyl (C=O) groups is 4. The largest absolute Gasteiger partial charge is 0.508 e. The molecule has 268 valence electrons. The van der Waals surface area contributed by atoms with Gasteiger partial charge in [-0.2, -0.15) is 0 Å². The molecule has 1 aromatic heterocycles. The Kier molecular flexibility index (Phi) is 8.50. The van der Waals surface area contributed by atoms with E-state index in [-0.39, 0.29) is 42.1 Å². The molecule has 7 nitrogen and oxygen atoms in total. The molecule has 8 heteroatoms. The highest BCUT2D eigenvalue weighted by Crippen LogP contribution is 2.64. The van der Waals surface area contributed by atoms with Crippen molar-refractivity contribution in [2.75, 3.05) is 0 Å². The summed E-state index contributed by atoms with van der Waals surface area (Å²) in [5.74, 6) is -3.98. The quantitative estimate of drug-likeness (QED) is 0.128. The van der Waals surface area contributed by atoms with Gasteiger partial charge in [-0.05, 0) is 59.0 Å². The van der Waals surface area contributed by atoms with Crippen molar-refractivity contribution in [3.63, 3.8) is 0 Å². The smallest absolute Gasteiger partial charge is 0.234 e. The summed E-state index contributed by atoms with van der Waals surface area (Å²) in [6.45, 7) is 0.502. The van der Waals surface area contributed by atoms with Gasteiger partial charge in [-0.1, -0.05) is 115 Å². The van der Waals surface area contributed by atoms with Crippen molar-refractivity contribution >= 4 is 40.3 Å². The van der Waals surface area contributed by atoms with Gasteiger partial charge in [0.2, 0.25) is 11.8 Å². The molecule has 1 aliphatic heterocycles. The summed E-state index contributed by atoms with van der Waals surface area (Å²) in [4.78, 5) is 61.1. The second-order valence-electron chi connectivity index (χ2n) is 14.6. The Morgan fingerprint density at radius 3 is 2.22 bits per heavy atom. The molecule has 0 radical (unpaired) electrons. The van der Waals surface area contributed by atoms with Gasteiger partial charge < -0.3 is 9.84 Å². The average molecular weight is 732 g/mol.